The summed E-state index contributed by atoms with van der Waals surface area (Å²) in [6, 6.07) is 3.68. The first kappa shape index (κ1) is 17.7. The summed E-state index contributed by atoms with van der Waals surface area (Å²) in [7, 11) is 1.55. The van der Waals surface area contributed by atoms with Gasteiger partial charge in [-0.2, -0.15) is 0 Å². The Morgan fingerprint density at radius 2 is 2.31 bits per heavy atom. The van der Waals surface area contributed by atoms with Gasteiger partial charge in [-0.1, -0.05) is 0 Å². The fourth-order valence-electron chi connectivity index (χ4n) is 2.55. The number of carbonyl (C=O) groups is 2. The van der Waals surface area contributed by atoms with Crippen molar-refractivity contribution in [3.05, 3.63) is 47.3 Å². The maximum absolute atomic E-state index is 12.7. The van der Waals surface area contributed by atoms with Gasteiger partial charge in [0.25, 0.3) is 0 Å². The third-order valence-electron chi connectivity index (χ3n) is 3.73. The van der Waals surface area contributed by atoms with Gasteiger partial charge < -0.3 is 24.5 Å². The molecule has 1 aliphatic rings. The lowest BCUT2D eigenvalue weighted by atomic mass is 10.1. The molecular weight excluding hydrogens is 338 g/mol. The summed E-state index contributed by atoms with van der Waals surface area (Å²) in [5.74, 6) is -1.13. The molecule has 136 valence electrons. The van der Waals surface area contributed by atoms with Gasteiger partial charge in [0.2, 0.25) is 11.7 Å². The molecule has 2 aromatic heterocycles. The maximum atomic E-state index is 12.7. The zero-order valence-corrected chi connectivity index (χ0v) is 14.5. The Bertz CT molecular complexity index is 897. The summed E-state index contributed by atoms with van der Waals surface area (Å²) in [6.45, 7) is 2.61. The highest BCUT2D eigenvalue weighted by Gasteiger charge is 2.36. The van der Waals surface area contributed by atoms with Crippen molar-refractivity contribution in [1.29, 1.82) is 0 Å². The van der Waals surface area contributed by atoms with E-state index in [1.165, 1.54) is 0 Å². The number of aromatic nitrogens is 2. The van der Waals surface area contributed by atoms with E-state index in [1.807, 2.05) is 6.07 Å². The van der Waals surface area contributed by atoms with Crippen LogP contribution in [0.4, 0.5) is 0 Å². The lowest BCUT2D eigenvalue weighted by molar-refractivity contribution is -0.139. The molecule has 8 heteroatoms. The molecule has 26 heavy (non-hydrogen) atoms. The molecule has 1 aliphatic heterocycles. The fraction of sp³-hybridized carbons (Fsp3) is 0.278. The zero-order valence-electron chi connectivity index (χ0n) is 14.5. The molecule has 0 atom stereocenters. The minimum atomic E-state index is -0.721. The lowest BCUT2D eigenvalue weighted by Gasteiger charge is -2.07. The highest BCUT2D eigenvalue weighted by molar-refractivity contribution is 6.26. The second kappa shape index (κ2) is 7.83. The van der Waals surface area contributed by atoms with Crippen LogP contribution in [0.3, 0.4) is 0 Å². The van der Waals surface area contributed by atoms with Gasteiger partial charge in [0.05, 0.1) is 13.2 Å². The molecule has 0 aliphatic carbocycles. The van der Waals surface area contributed by atoms with E-state index in [-0.39, 0.29) is 23.8 Å². The lowest BCUT2D eigenvalue weighted by Crippen LogP contribution is -2.22. The number of allylic oxidation sites excluding steroid dienone is 1. The number of nitrogens with one attached hydrogen (secondary N) is 2. The number of hydrogen-bond acceptors (Lipinski definition) is 7. The molecule has 0 amide bonds. The van der Waals surface area contributed by atoms with E-state index in [4.69, 9.17) is 14.2 Å². The quantitative estimate of drug-likeness (QED) is 0.335. The normalized spacial score (nSPS) is 15.6. The SMILES string of the molecule is CCOC(=O)C1=C(NCCOC)O/C(=C\c2c[nH]c3ncccc23)C1=O. The van der Waals surface area contributed by atoms with Crippen molar-refractivity contribution < 1.29 is 23.8 Å². The molecule has 2 aromatic rings. The van der Waals surface area contributed by atoms with Gasteiger partial charge in [0, 0.05) is 37.0 Å². The zero-order chi connectivity index (χ0) is 18.5. The number of aromatic amines is 1. The smallest absolute Gasteiger partial charge is 0.347 e. The molecule has 0 aromatic carbocycles. The standard InChI is InChI=1S/C18H19N3O5/c1-3-25-18(23)14-15(22)13(26-17(14)20-7-8-24-2)9-11-10-21-16-12(11)5-4-6-19-16/h4-6,9-10,20H,3,7-8H2,1-2H3,(H,19,21)/b13-9-. The maximum Gasteiger partial charge on any atom is 0.347 e. The molecule has 0 bridgehead atoms. The van der Waals surface area contributed by atoms with Crippen LogP contribution in [0.5, 0.6) is 0 Å². The topological polar surface area (TPSA) is 103 Å². The number of methoxy groups -OCH3 is 1. The Morgan fingerprint density at radius 1 is 1.46 bits per heavy atom. The summed E-state index contributed by atoms with van der Waals surface area (Å²) in [6.07, 6.45) is 4.97. The van der Waals surface area contributed by atoms with Crippen LogP contribution in [0, 0.1) is 0 Å². The van der Waals surface area contributed by atoms with Gasteiger partial charge in [-0.25, -0.2) is 9.78 Å². The van der Waals surface area contributed by atoms with E-state index in [9.17, 15) is 9.59 Å². The molecule has 0 unspecified atom stereocenters. The van der Waals surface area contributed by atoms with Crippen LogP contribution >= 0.6 is 0 Å². The van der Waals surface area contributed by atoms with E-state index in [0.29, 0.717) is 18.8 Å². The summed E-state index contributed by atoms with van der Waals surface area (Å²) in [5.41, 5.74) is 1.28. The minimum absolute atomic E-state index is 0.0396. The Labute approximate surface area is 149 Å². The average Bonchev–Trinajstić information content (AvgIpc) is 3.18. The first-order chi connectivity index (χ1) is 12.7. The highest BCUT2D eigenvalue weighted by Crippen LogP contribution is 2.28. The first-order valence-electron chi connectivity index (χ1n) is 8.16. The van der Waals surface area contributed by atoms with Crippen molar-refractivity contribution in [2.24, 2.45) is 0 Å². The van der Waals surface area contributed by atoms with Crippen LogP contribution in [-0.4, -0.2) is 48.6 Å². The van der Waals surface area contributed by atoms with Crippen molar-refractivity contribution >= 4 is 28.9 Å². The van der Waals surface area contributed by atoms with Crippen LogP contribution in [-0.2, 0) is 23.8 Å². The molecule has 0 fully saturated rings. The largest absolute Gasteiger partial charge is 0.462 e. The van der Waals surface area contributed by atoms with Crippen molar-refractivity contribution in [2.45, 2.75) is 6.92 Å². The van der Waals surface area contributed by atoms with E-state index in [2.05, 4.69) is 15.3 Å². The number of rotatable bonds is 7. The third kappa shape index (κ3) is 3.45. The van der Waals surface area contributed by atoms with Gasteiger partial charge in [-0.15, -0.1) is 0 Å². The molecule has 0 spiro atoms. The second-order valence-corrected chi connectivity index (χ2v) is 5.43. The van der Waals surface area contributed by atoms with Gasteiger partial charge >= 0.3 is 5.97 Å². The number of Topliss-reactive ketones (excluding diaryl/α,β-unsaturated/α-hetero) is 1. The average molecular weight is 357 g/mol. The summed E-state index contributed by atoms with van der Waals surface area (Å²) in [4.78, 5) is 32.1. The van der Waals surface area contributed by atoms with Crippen LogP contribution in [0.1, 0.15) is 12.5 Å². The molecule has 0 saturated carbocycles. The van der Waals surface area contributed by atoms with Crippen molar-refractivity contribution in [1.82, 2.24) is 15.3 Å². The van der Waals surface area contributed by atoms with Crippen molar-refractivity contribution in [3.8, 4) is 0 Å². The Morgan fingerprint density at radius 3 is 3.08 bits per heavy atom. The van der Waals surface area contributed by atoms with E-state index < -0.39 is 11.8 Å². The molecule has 0 saturated heterocycles. The number of ketones is 1. The van der Waals surface area contributed by atoms with Gasteiger partial charge in [0.15, 0.2) is 11.3 Å². The number of hydrogen-bond donors (Lipinski definition) is 2. The fourth-order valence-corrected chi connectivity index (χ4v) is 2.55. The van der Waals surface area contributed by atoms with E-state index in [1.54, 1.807) is 38.6 Å². The minimum Gasteiger partial charge on any atom is -0.462 e. The van der Waals surface area contributed by atoms with Crippen LogP contribution < -0.4 is 5.32 Å². The number of pyridine rings is 1. The first-order valence-corrected chi connectivity index (χ1v) is 8.16. The Balaban J connectivity index is 1.91. The monoisotopic (exact) mass is 357 g/mol. The van der Waals surface area contributed by atoms with Crippen LogP contribution in [0.2, 0.25) is 0 Å². The summed E-state index contributed by atoms with van der Waals surface area (Å²) < 4.78 is 15.6. The number of ether oxygens (including phenoxy) is 3. The molecule has 8 nitrogen and oxygen atoms in total. The summed E-state index contributed by atoms with van der Waals surface area (Å²) in [5, 5.41) is 3.74. The predicted molar refractivity (Wildman–Crippen MR) is 93.7 cm³/mol. The highest BCUT2D eigenvalue weighted by atomic mass is 16.5. The number of fused-ring (bicyclic) bond motifs is 1. The van der Waals surface area contributed by atoms with Crippen LogP contribution in [0.15, 0.2) is 41.7 Å². The second-order valence-electron chi connectivity index (χ2n) is 5.43. The van der Waals surface area contributed by atoms with E-state index >= 15 is 0 Å². The van der Waals surface area contributed by atoms with Crippen molar-refractivity contribution in [2.75, 3.05) is 26.9 Å². The van der Waals surface area contributed by atoms with Crippen LogP contribution in [0.25, 0.3) is 17.1 Å². The Kier molecular flexibility index (Phi) is 5.33. The molecule has 2 N–H and O–H groups in total. The third-order valence-corrected chi connectivity index (χ3v) is 3.73. The van der Waals surface area contributed by atoms with Gasteiger partial charge in [-0.3, -0.25) is 4.79 Å². The predicted octanol–water partition coefficient (Wildman–Crippen LogP) is 1.51. The summed E-state index contributed by atoms with van der Waals surface area (Å²) >= 11 is 0. The Hall–Kier alpha value is -3.13. The van der Waals surface area contributed by atoms with Gasteiger partial charge in [-0.05, 0) is 25.1 Å². The van der Waals surface area contributed by atoms with Crippen molar-refractivity contribution in [3.63, 3.8) is 0 Å². The molecular formula is C18H19N3O5. The molecule has 3 rings (SSSR count). The number of carbonyl (C=O) groups excluding carboxylic acids is 2. The van der Waals surface area contributed by atoms with E-state index in [0.717, 1.165) is 10.9 Å². The number of esters is 1. The molecule has 0 radical (unpaired) electrons. The number of nitrogens with zero attached hydrogens (tertiary/aromatic N) is 1. The van der Waals surface area contributed by atoms with Gasteiger partial charge in [0.1, 0.15) is 5.65 Å². The number of H-pyrrole nitrogens is 1. The molecule has 3 heterocycles.